The Hall–Kier alpha value is -1.34. The molecule has 0 spiro atoms. The lowest BCUT2D eigenvalue weighted by Crippen LogP contribution is -2.25. The topological polar surface area (TPSA) is 12.5 Å². The van der Waals surface area contributed by atoms with Crippen molar-refractivity contribution in [3.63, 3.8) is 0 Å². The zero-order chi connectivity index (χ0) is 12.1. The highest BCUT2D eigenvalue weighted by Gasteiger charge is 2.49. The van der Waals surface area contributed by atoms with Crippen LogP contribution in [0.3, 0.4) is 0 Å². The summed E-state index contributed by atoms with van der Waals surface area (Å²) >= 11 is 0. The Morgan fingerprint density at radius 3 is 2.47 bits per heavy atom. The molecule has 17 heavy (non-hydrogen) atoms. The van der Waals surface area contributed by atoms with Crippen LogP contribution in [0.4, 0.5) is 0 Å². The molecule has 1 saturated heterocycles. The monoisotopic (exact) mass is 228 g/mol. The van der Waals surface area contributed by atoms with E-state index in [1.54, 1.807) is 0 Å². The predicted molar refractivity (Wildman–Crippen MR) is 71.9 cm³/mol. The maximum atomic E-state index is 5.70. The van der Waals surface area contributed by atoms with Crippen LogP contribution >= 0.6 is 0 Å². The molecule has 2 unspecified atom stereocenters. The van der Waals surface area contributed by atoms with Crippen molar-refractivity contribution in [2.75, 3.05) is 6.61 Å². The van der Waals surface area contributed by atoms with Crippen molar-refractivity contribution < 1.29 is 4.74 Å². The number of ether oxygens (including phenoxy) is 1. The number of benzene rings is 1. The van der Waals surface area contributed by atoms with E-state index < -0.39 is 0 Å². The first-order chi connectivity index (χ1) is 8.30. The molecular weight excluding hydrogens is 208 g/mol. The molecule has 0 radical (unpaired) electrons. The summed E-state index contributed by atoms with van der Waals surface area (Å²) in [5.41, 5.74) is 1.41. The van der Waals surface area contributed by atoms with Gasteiger partial charge in [0.2, 0.25) is 0 Å². The lowest BCUT2D eigenvalue weighted by molar-refractivity contribution is 0.216. The van der Waals surface area contributed by atoms with Gasteiger partial charge in [0.25, 0.3) is 0 Å². The third-order valence-electron chi connectivity index (χ3n) is 3.53. The summed E-state index contributed by atoms with van der Waals surface area (Å²) in [5.74, 6) is 0.514. The predicted octanol–water partition coefficient (Wildman–Crippen LogP) is 3.77. The summed E-state index contributed by atoms with van der Waals surface area (Å²) in [4.78, 5) is 0. The Kier molecular flexibility index (Phi) is 3.80. The summed E-state index contributed by atoms with van der Waals surface area (Å²) < 4.78 is 5.70. The summed E-state index contributed by atoms with van der Waals surface area (Å²) in [5, 5.41) is 0. The Morgan fingerprint density at radius 2 is 1.94 bits per heavy atom. The smallest absolute Gasteiger partial charge is 0.0984 e. The summed E-state index contributed by atoms with van der Waals surface area (Å²) in [7, 11) is 0. The fourth-order valence-electron chi connectivity index (χ4n) is 2.44. The molecule has 1 fully saturated rings. The molecule has 0 amide bonds. The second-order valence-corrected chi connectivity index (χ2v) is 4.76. The molecule has 1 aromatic rings. The van der Waals surface area contributed by atoms with Gasteiger partial charge in [-0.05, 0) is 30.7 Å². The van der Waals surface area contributed by atoms with E-state index in [9.17, 15) is 0 Å². The number of epoxide rings is 1. The molecule has 2 rings (SSSR count). The van der Waals surface area contributed by atoms with Gasteiger partial charge < -0.3 is 4.74 Å². The molecule has 0 bridgehead atoms. The molecule has 1 aromatic carbocycles. The van der Waals surface area contributed by atoms with Gasteiger partial charge in [-0.3, -0.25) is 0 Å². The van der Waals surface area contributed by atoms with Crippen LogP contribution in [-0.2, 0) is 11.2 Å². The van der Waals surface area contributed by atoms with Gasteiger partial charge in [0.1, 0.15) is 0 Å². The van der Waals surface area contributed by atoms with Crippen molar-refractivity contribution in [3.8, 4) is 0 Å². The molecule has 90 valence electrons. The largest absolute Gasteiger partial charge is 0.369 e. The lowest BCUT2D eigenvalue weighted by atomic mass is 9.82. The van der Waals surface area contributed by atoms with E-state index in [2.05, 4.69) is 43.5 Å². The number of allylic oxidation sites excluding steroid dienone is 1. The number of rotatable bonds is 7. The minimum atomic E-state index is 0.0335. The standard InChI is InChI=1S/C16H20O/c1-3-8-15(16(11-4-2)13-17-16)12-14-9-6-5-7-10-14/h3-7,9-10,15H,1-2,8,11-13H2. The van der Waals surface area contributed by atoms with Crippen molar-refractivity contribution in [2.24, 2.45) is 5.92 Å². The van der Waals surface area contributed by atoms with Crippen molar-refractivity contribution in [1.29, 1.82) is 0 Å². The van der Waals surface area contributed by atoms with E-state index in [0.717, 1.165) is 25.9 Å². The molecule has 1 heterocycles. The third kappa shape index (κ3) is 2.86. The van der Waals surface area contributed by atoms with Gasteiger partial charge in [-0.15, -0.1) is 13.2 Å². The molecule has 0 aliphatic carbocycles. The Bertz CT molecular complexity index is 376. The van der Waals surface area contributed by atoms with Crippen LogP contribution in [0.1, 0.15) is 18.4 Å². The van der Waals surface area contributed by atoms with Gasteiger partial charge in [0.05, 0.1) is 12.2 Å². The van der Waals surface area contributed by atoms with Crippen molar-refractivity contribution >= 4 is 0 Å². The van der Waals surface area contributed by atoms with Gasteiger partial charge in [0, 0.05) is 0 Å². The van der Waals surface area contributed by atoms with Crippen LogP contribution < -0.4 is 0 Å². The van der Waals surface area contributed by atoms with E-state index in [-0.39, 0.29) is 5.60 Å². The normalized spacial score (nSPS) is 24.0. The first-order valence-corrected chi connectivity index (χ1v) is 6.20. The summed E-state index contributed by atoms with van der Waals surface area (Å²) in [6, 6.07) is 10.6. The minimum Gasteiger partial charge on any atom is -0.369 e. The molecule has 2 atom stereocenters. The molecule has 1 heteroatoms. The minimum absolute atomic E-state index is 0.0335. The zero-order valence-corrected chi connectivity index (χ0v) is 10.3. The first-order valence-electron chi connectivity index (χ1n) is 6.20. The summed E-state index contributed by atoms with van der Waals surface area (Å²) in [6.45, 7) is 8.56. The fraction of sp³-hybridized carbons (Fsp3) is 0.375. The Balaban J connectivity index is 2.07. The average molecular weight is 228 g/mol. The molecule has 1 aliphatic rings. The molecule has 0 saturated carbocycles. The van der Waals surface area contributed by atoms with Crippen molar-refractivity contribution in [1.82, 2.24) is 0 Å². The van der Waals surface area contributed by atoms with Gasteiger partial charge in [-0.1, -0.05) is 42.5 Å². The van der Waals surface area contributed by atoms with Gasteiger partial charge in [0.15, 0.2) is 0 Å². The van der Waals surface area contributed by atoms with E-state index in [1.807, 2.05) is 12.2 Å². The second kappa shape index (κ2) is 5.33. The highest BCUT2D eigenvalue weighted by atomic mass is 16.6. The molecule has 1 aliphatic heterocycles. The SMILES string of the molecule is C=CCC(Cc1ccccc1)C1(CC=C)CO1. The lowest BCUT2D eigenvalue weighted by Gasteiger charge is -2.22. The van der Waals surface area contributed by atoms with Crippen LogP contribution in [0.5, 0.6) is 0 Å². The highest BCUT2D eigenvalue weighted by Crippen LogP contribution is 2.42. The first kappa shape index (κ1) is 12.1. The summed E-state index contributed by atoms with van der Waals surface area (Å²) in [6.07, 6.45) is 6.97. The zero-order valence-electron chi connectivity index (χ0n) is 10.3. The van der Waals surface area contributed by atoms with Crippen LogP contribution in [0.15, 0.2) is 55.6 Å². The molecule has 0 aromatic heterocycles. The van der Waals surface area contributed by atoms with Crippen molar-refractivity contribution in [2.45, 2.75) is 24.9 Å². The van der Waals surface area contributed by atoms with Crippen LogP contribution in [0.25, 0.3) is 0 Å². The molecular formula is C16H20O. The van der Waals surface area contributed by atoms with E-state index in [0.29, 0.717) is 5.92 Å². The maximum Gasteiger partial charge on any atom is 0.0984 e. The fourth-order valence-corrected chi connectivity index (χ4v) is 2.44. The number of hydrogen-bond donors (Lipinski definition) is 0. The average Bonchev–Trinajstić information content (AvgIpc) is 3.11. The van der Waals surface area contributed by atoms with Gasteiger partial charge in [-0.25, -0.2) is 0 Å². The third-order valence-corrected chi connectivity index (χ3v) is 3.53. The van der Waals surface area contributed by atoms with Gasteiger partial charge >= 0.3 is 0 Å². The second-order valence-electron chi connectivity index (χ2n) is 4.76. The van der Waals surface area contributed by atoms with Crippen LogP contribution in [0.2, 0.25) is 0 Å². The van der Waals surface area contributed by atoms with Crippen LogP contribution in [0, 0.1) is 5.92 Å². The Morgan fingerprint density at radius 1 is 1.24 bits per heavy atom. The van der Waals surface area contributed by atoms with Gasteiger partial charge in [-0.2, -0.15) is 0 Å². The van der Waals surface area contributed by atoms with Crippen molar-refractivity contribution in [3.05, 3.63) is 61.2 Å². The highest BCUT2D eigenvalue weighted by molar-refractivity contribution is 5.18. The van der Waals surface area contributed by atoms with E-state index >= 15 is 0 Å². The van der Waals surface area contributed by atoms with E-state index in [4.69, 9.17) is 4.74 Å². The maximum absolute atomic E-state index is 5.70. The quantitative estimate of drug-likeness (QED) is 0.511. The van der Waals surface area contributed by atoms with Crippen LogP contribution in [-0.4, -0.2) is 12.2 Å². The Labute approximate surface area is 104 Å². The molecule has 1 nitrogen and oxygen atoms in total. The van der Waals surface area contributed by atoms with E-state index in [1.165, 1.54) is 5.56 Å². The molecule has 0 N–H and O–H groups in total. The number of hydrogen-bond acceptors (Lipinski definition) is 1.